The highest BCUT2D eigenvalue weighted by atomic mass is 16.5. The van der Waals surface area contributed by atoms with Crippen LogP contribution in [0.5, 0.6) is 11.6 Å². The average Bonchev–Trinajstić information content (AvgIpc) is 2.93. The standard InChI is InChI=1S/C29H32N6O2/c1-35(2)26-23-11-6-7-13-25(23)33-29(34-26)32-21-16-14-20(15-17-21)19-31-27(36)24-12-8-18-30-28(24)37-22-9-4-3-5-10-22/h3-13,18,20-21H,14-17,19H2,1-2H3,(H,31,36)(H,32,33,34)/t20-,21+. The van der Waals surface area contributed by atoms with Crippen molar-refractivity contribution in [2.24, 2.45) is 5.92 Å². The molecule has 2 N–H and O–H groups in total. The van der Waals surface area contributed by atoms with Crippen LogP contribution in [0.25, 0.3) is 10.9 Å². The van der Waals surface area contributed by atoms with E-state index in [2.05, 4.69) is 21.7 Å². The lowest BCUT2D eigenvalue weighted by molar-refractivity contribution is 0.0940. The first-order valence-corrected chi connectivity index (χ1v) is 12.7. The largest absolute Gasteiger partial charge is 0.438 e. The molecule has 1 saturated carbocycles. The van der Waals surface area contributed by atoms with Crippen LogP contribution in [0.2, 0.25) is 0 Å². The van der Waals surface area contributed by atoms with Gasteiger partial charge in [-0.25, -0.2) is 9.97 Å². The number of nitrogens with zero attached hydrogens (tertiary/aromatic N) is 4. The van der Waals surface area contributed by atoms with Crippen LogP contribution in [0.3, 0.4) is 0 Å². The third kappa shape index (κ3) is 5.97. The molecular formula is C29H32N6O2. The van der Waals surface area contributed by atoms with Crippen LogP contribution in [-0.2, 0) is 0 Å². The summed E-state index contributed by atoms with van der Waals surface area (Å²) in [4.78, 5) is 28.7. The van der Waals surface area contributed by atoms with Crippen molar-refractivity contribution in [2.45, 2.75) is 31.7 Å². The maximum Gasteiger partial charge on any atom is 0.256 e. The molecule has 37 heavy (non-hydrogen) atoms. The fourth-order valence-electron chi connectivity index (χ4n) is 4.74. The number of nitrogens with one attached hydrogen (secondary N) is 2. The molecule has 2 heterocycles. The number of hydrogen-bond donors (Lipinski definition) is 2. The van der Waals surface area contributed by atoms with E-state index in [0.717, 1.165) is 42.4 Å². The lowest BCUT2D eigenvalue weighted by atomic mass is 9.86. The summed E-state index contributed by atoms with van der Waals surface area (Å²) in [6, 6.07) is 21.3. The van der Waals surface area contributed by atoms with Gasteiger partial charge in [-0.05, 0) is 68.0 Å². The third-order valence-electron chi connectivity index (χ3n) is 6.71. The lowest BCUT2D eigenvalue weighted by Gasteiger charge is -2.29. The molecule has 5 rings (SSSR count). The molecule has 8 nitrogen and oxygen atoms in total. The zero-order valence-corrected chi connectivity index (χ0v) is 21.2. The first kappa shape index (κ1) is 24.5. The molecule has 1 aliphatic rings. The van der Waals surface area contributed by atoms with Crippen LogP contribution < -0.4 is 20.3 Å². The summed E-state index contributed by atoms with van der Waals surface area (Å²) in [5.41, 5.74) is 1.37. The van der Waals surface area contributed by atoms with Crippen molar-refractivity contribution < 1.29 is 9.53 Å². The number of rotatable bonds is 8. The van der Waals surface area contributed by atoms with E-state index in [4.69, 9.17) is 14.7 Å². The summed E-state index contributed by atoms with van der Waals surface area (Å²) in [5, 5.41) is 7.68. The quantitative estimate of drug-likeness (QED) is 0.343. The molecule has 0 aliphatic heterocycles. The number of carbonyl (C=O) groups excluding carboxylic acids is 1. The van der Waals surface area contributed by atoms with Gasteiger partial charge in [0, 0.05) is 38.3 Å². The number of ether oxygens (including phenoxy) is 1. The predicted molar refractivity (Wildman–Crippen MR) is 146 cm³/mol. The summed E-state index contributed by atoms with van der Waals surface area (Å²) in [6.07, 6.45) is 5.68. The molecule has 8 heteroatoms. The van der Waals surface area contributed by atoms with Gasteiger partial charge in [-0.3, -0.25) is 4.79 Å². The molecule has 2 aromatic heterocycles. The van der Waals surface area contributed by atoms with Crippen molar-refractivity contribution in [1.29, 1.82) is 0 Å². The average molecular weight is 497 g/mol. The summed E-state index contributed by atoms with van der Waals surface area (Å²) in [5.74, 6) is 2.80. The molecule has 4 aromatic rings. The van der Waals surface area contributed by atoms with Crippen molar-refractivity contribution in [3.63, 3.8) is 0 Å². The molecule has 0 spiro atoms. The number of aromatic nitrogens is 3. The van der Waals surface area contributed by atoms with Gasteiger partial charge in [0.2, 0.25) is 11.8 Å². The van der Waals surface area contributed by atoms with Crippen LogP contribution in [0.15, 0.2) is 72.9 Å². The predicted octanol–water partition coefficient (Wildman–Crippen LogP) is 5.28. The molecule has 0 bridgehead atoms. The minimum Gasteiger partial charge on any atom is -0.438 e. The molecule has 190 valence electrons. The molecule has 0 radical (unpaired) electrons. The summed E-state index contributed by atoms with van der Waals surface area (Å²) in [6.45, 7) is 0.627. The van der Waals surface area contributed by atoms with Gasteiger partial charge in [-0.1, -0.05) is 30.3 Å². The van der Waals surface area contributed by atoms with E-state index in [0.29, 0.717) is 41.6 Å². The van der Waals surface area contributed by atoms with Gasteiger partial charge in [-0.15, -0.1) is 0 Å². The molecule has 0 atom stereocenters. The zero-order chi connectivity index (χ0) is 25.6. The fraction of sp³-hybridized carbons (Fsp3) is 0.310. The molecular weight excluding hydrogens is 464 g/mol. The Kier molecular flexibility index (Phi) is 7.44. The Morgan fingerprint density at radius 2 is 1.70 bits per heavy atom. The minimum atomic E-state index is -0.167. The normalized spacial score (nSPS) is 17.2. The van der Waals surface area contributed by atoms with Crippen LogP contribution in [-0.4, -0.2) is 47.5 Å². The van der Waals surface area contributed by atoms with Crippen LogP contribution in [0, 0.1) is 5.92 Å². The molecule has 2 aromatic carbocycles. The second kappa shape index (κ2) is 11.2. The topological polar surface area (TPSA) is 92.3 Å². The lowest BCUT2D eigenvalue weighted by Crippen LogP contribution is -2.34. The van der Waals surface area contributed by atoms with Crippen molar-refractivity contribution in [1.82, 2.24) is 20.3 Å². The van der Waals surface area contributed by atoms with Crippen molar-refractivity contribution >= 4 is 28.6 Å². The summed E-state index contributed by atoms with van der Waals surface area (Å²) in [7, 11) is 4.00. The molecule has 1 amide bonds. The monoisotopic (exact) mass is 496 g/mol. The molecule has 1 fully saturated rings. The highest BCUT2D eigenvalue weighted by Crippen LogP contribution is 2.28. The van der Waals surface area contributed by atoms with E-state index in [1.165, 1.54) is 0 Å². The molecule has 1 aliphatic carbocycles. The Balaban J connectivity index is 1.15. The number of fused-ring (bicyclic) bond motifs is 1. The maximum absolute atomic E-state index is 12.9. The van der Waals surface area contributed by atoms with Gasteiger partial charge >= 0.3 is 0 Å². The van der Waals surface area contributed by atoms with Gasteiger partial charge < -0.3 is 20.3 Å². The number of amides is 1. The van der Waals surface area contributed by atoms with Crippen molar-refractivity contribution in [3.05, 3.63) is 78.5 Å². The van der Waals surface area contributed by atoms with Crippen molar-refractivity contribution in [2.75, 3.05) is 30.9 Å². The maximum atomic E-state index is 12.9. The van der Waals surface area contributed by atoms with Gasteiger partial charge in [0.15, 0.2) is 0 Å². The second-order valence-electron chi connectivity index (χ2n) is 9.63. The first-order valence-electron chi connectivity index (χ1n) is 12.7. The number of pyridine rings is 1. The third-order valence-corrected chi connectivity index (χ3v) is 6.71. The Morgan fingerprint density at radius 1 is 0.946 bits per heavy atom. The van der Waals surface area contributed by atoms with Crippen LogP contribution in [0.1, 0.15) is 36.0 Å². The fourth-order valence-corrected chi connectivity index (χ4v) is 4.74. The molecule has 0 saturated heterocycles. The number of benzene rings is 2. The van der Waals surface area contributed by atoms with E-state index in [1.807, 2.05) is 67.5 Å². The van der Waals surface area contributed by atoms with Crippen LogP contribution in [0.4, 0.5) is 11.8 Å². The van der Waals surface area contributed by atoms with Gasteiger partial charge in [0.05, 0.1) is 5.52 Å². The van der Waals surface area contributed by atoms with Gasteiger partial charge in [0.1, 0.15) is 17.1 Å². The van der Waals surface area contributed by atoms with Gasteiger partial charge in [0.25, 0.3) is 5.91 Å². The Hall–Kier alpha value is -4.20. The highest BCUT2D eigenvalue weighted by molar-refractivity contribution is 5.96. The number of hydrogen-bond acceptors (Lipinski definition) is 7. The Labute approximate surface area is 217 Å². The minimum absolute atomic E-state index is 0.167. The van der Waals surface area contributed by atoms with Gasteiger partial charge in [-0.2, -0.15) is 4.98 Å². The number of para-hydroxylation sites is 2. The van der Waals surface area contributed by atoms with E-state index >= 15 is 0 Å². The van der Waals surface area contributed by atoms with Crippen LogP contribution >= 0.6 is 0 Å². The van der Waals surface area contributed by atoms with E-state index < -0.39 is 0 Å². The summed E-state index contributed by atoms with van der Waals surface area (Å²) < 4.78 is 5.85. The number of carbonyl (C=O) groups is 1. The number of anilines is 2. The van der Waals surface area contributed by atoms with E-state index in [9.17, 15) is 4.79 Å². The Bertz CT molecular complexity index is 1350. The first-order chi connectivity index (χ1) is 18.1. The molecule has 0 unspecified atom stereocenters. The Morgan fingerprint density at radius 3 is 2.49 bits per heavy atom. The van der Waals surface area contributed by atoms with E-state index in [1.54, 1.807) is 18.3 Å². The smallest absolute Gasteiger partial charge is 0.256 e. The SMILES string of the molecule is CN(C)c1nc(N[C@H]2CC[C@@H](CNC(=O)c3cccnc3Oc3ccccc3)CC2)nc2ccccc12. The highest BCUT2D eigenvalue weighted by Gasteiger charge is 2.23. The van der Waals surface area contributed by atoms with Crippen molar-refractivity contribution in [3.8, 4) is 11.6 Å². The van der Waals surface area contributed by atoms with E-state index in [-0.39, 0.29) is 5.91 Å². The summed E-state index contributed by atoms with van der Waals surface area (Å²) >= 11 is 0. The zero-order valence-electron chi connectivity index (χ0n) is 21.2. The second-order valence-corrected chi connectivity index (χ2v) is 9.63.